The molecule has 0 saturated carbocycles. The van der Waals surface area contributed by atoms with E-state index in [-0.39, 0.29) is 11.5 Å². The fraction of sp³-hybridized carbons (Fsp3) is 0.0385. The van der Waals surface area contributed by atoms with Crippen molar-refractivity contribution in [2.75, 3.05) is 5.32 Å². The molecular formula is C26H19N5O2. The summed E-state index contributed by atoms with van der Waals surface area (Å²) in [6.45, 7) is 0. The standard InChI is InChI=1S/C26H19N5O2/c32-25(19-8-2-1-3-9-19)29-20-10-4-11-21(16-20)31-24-22(12-6-14-28-24)30-23(26(31)33)15-18-7-5-13-27-17-18/h1-14,16-17H,15H2,(H,29,32). The number of amides is 1. The lowest BCUT2D eigenvalue weighted by Crippen LogP contribution is -2.25. The van der Waals surface area contributed by atoms with Crippen LogP contribution in [0.2, 0.25) is 0 Å². The number of carbonyl (C=O) groups is 1. The molecule has 0 bridgehead atoms. The van der Waals surface area contributed by atoms with Gasteiger partial charge in [-0.25, -0.2) is 9.97 Å². The molecule has 0 unspecified atom stereocenters. The van der Waals surface area contributed by atoms with Gasteiger partial charge in [-0.05, 0) is 54.1 Å². The van der Waals surface area contributed by atoms with Crippen molar-refractivity contribution in [3.05, 3.63) is 125 Å². The Balaban J connectivity index is 1.58. The summed E-state index contributed by atoms with van der Waals surface area (Å²) in [5.74, 6) is -0.227. The van der Waals surface area contributed by atoms with Crippen molar-refractivity contribution in [3.8, 4) is 5.69 Å². The third-order valence-corrected chi connectivity index (χ3v) is 5.18. The van der Waals surface area contributed by atoms with Gasteiger partial charge in [0.15, 0.2) is 5.65 Å². The molecular weight excluding hydrogens is 414 g/mol. The molecule has 0 atom stereocenters. The summed E-state index contributed by atoms with van der Waals surface area (Å²) in [5.41, 5.74) is 3.78. The largest absolute Gasteiger partial charge is 0.322 e. The van der Waals surface area contributed by atoms with E-state index in [4.69, 9.17) is 0 Å². The van der Waals surface area contributed by atoms with Crippen molar-refractivity contribution in [2.45, 2.75) is 6.42 Å². The highest BCUT2D eigenvalue weighted by Crippen LogP contribution is 2.19. The summed E-state index contributed by atoms with van der Waals surface area (Å²) in [6.07, 6.45) is 5.39. The van der Waals surface area contributed by atoms with E-state index >= 15 is 0 Å². The number of hydrogen-bond donors (Lipinski definition) is 1. The summed E-state index contributed by atoms with van der Waals surface area (Å²) in [7, 11) is 0. The first-order valence-corrected chi connectivity index (χ1v) is 10.4. The van der Waals surface area contributed by atoms with Crippen LogP contribution in [0.15, 0.2) is 102 Å². The third kappa shape index (κ3) is 4.24. The second kappa shape index (κ2) is 8.84. The Kier molecular flexibility index (Phi) is 5.43. The average molecular weight is 433 g/mol. The molecule has 0 aliphatic rings. The maximum atomic E-state index is 13.5. The Morgan fingerprint density at radius 1 is 0.909 bits per heavy atom. The Morgan fingerprint density at radius 3 is 2.58 bits per heavy atom. The maximum Gasteiger partial charge on any atom is 0.278 e. The van der Waals surface area contributed by atoms with Gasteiger partial charge < -0.3 is 5.32 Å². The minimum absolute atomic E-state index is 0.227. The predicted molar refractivity (Wildman–Crippen MR) is 127 cm³/mol. The second-order valence-electron chi connectivity index (χ2n) is 7.45. The van der Waals surface area contributed by atoms with Crippen molar-refractivity contribution >= 4 is 22.8 Å². The Morgan fingerprint density at radius 2 is 1.76 bits per heavy atom. The quantitative estimate of drug-likeness (QED) is 0.452. The minimum atomic E-state index is -0.267. The summed E-state index contributed by atoms with van der Waals surface area (Å²) in [5, 5.41) is 2.89. The van der Waals surface area contributed by atoms with Gasteiger partial charge >= 0.3 is 0 Å². The minimum Gasteiger partial charge on any atom is -0.322 e. The van der Waals surface area contributed by atoms with Crippen LogP contribution in [0.4, 0.5) is 5.69 Å². The van der Waals surface area contributed by atoms with Crippen LogP contribution in [0.1, 0.15) is 21.6 Å². The molecule has 0 saturated heterocycles. The van der Waals surface area contributed by atoms with Gasteiger partial charge in [0.05, 0.1) is 5.69 Å². The lowest BCUT2D eigenvalue weighted by atomic mass is 10.1. The normalized spacial score (nSPS) is 10.8. The van der Waals surface area contributed by atoms with E-state index in [1.165, 1.54) is 4.57 Å². The first-order valence-electron chi connectivity index (χ1n) is 10.4. The molecule has 0 radical (unpaired) electrons. The molecule has 33 heavy (non-hydrogen) atoms. The molecule has 0 aliphatic carbocycles. The van der Waals surface area contributed by atoms with Crippen LogP contribution in [0.3, 0.4) is 0 Å². The van der Waals surface area contributed by atoms with Crippen LogP contribution in [-0.2, 0) is 6.42 Å². The molecule has 160 valence electrons. The number of fused-ring (bicyclic) bond motifs is 1. The topological polar surface area (TPSA) is 89.8 Å². The molecule has 0 fully saturated rings. The van der Waals surface area contributed by atoms with Crippen molar-refractivity contribution in [2.24, 2.45) is 0 Å². The molecule has 7 heteroatoms. The molecule has 7 nitrogen and oxygen atoms in total. The lowest BCUT2D eigenvalue weighted by Gasteiger charge is -2.13. The monoisotopic (exact) mass is 433 g/mol. The second-order valence-corrected chi connectivity index (χ2v) is 7.45. The van der Waals surface area contributed by atoms with E-state index in [0.717, 1.165) is 5.56 Å². The summed E-state index contributed by atoms with van der Waals surface area (Å²) >= 11 is 0. The van der Waals surface area contributed by atoms with Crippen molar-refractivity contribution in [3.63, 3.8) is 0 Å². The van der Waals surface area contributed by atoms with E-state index in [0.29, 0.717) is 40.2 Å². The summed E-state index contributed by atoms with van der Waals surface area (Å²) in [4.78, 5) is 39.2. The Hall–Kier alpha value is -4.65. The molecule has 0 spiro atoms. The van der Waals surface area contributed by atoms with Gasteiger partial charge in [-0.1, -0.05) is 30.3 Å². The molecule has 5 rings (SSSR count). The van der Waals surface area contributed by atoms with Gasteiger partial charge in [-0.2, -0.15) is 0 Å². The summed E-state index contributed by atoms with van der Waals surface area (Å²) < 4.78 is 1.53. The average Bonchev–Trinajstić information content (AvgIpc) is 2.86. The molecule has 1 N–H and O–H groups in total. The number of pyridine rings is 2. The van der Waals surface area contributed by atoms with E-state index in [1.807, 2.05) is 42.5 Å². The van der Waals surface area contributed by atoms with Gasteiger partial charge in [0.1, 0.15) is 11.2 Å². The van der Waals surface area contributed by atoms with Crippen LogP contribution in [-0.4, -0.2) is 25.4 Å². The zero-order valence-electron chi connectivity index (χ0n) is 17.6. The van der Waals surface area contributed by atoms with E-state index in [9.17, 15) is 9.59 Å². The molecule has 3 aromatic heterocycles. The molecule has 3 heterocycles. The number of nitrogens with one attached hydrogen (secondary N) is 1. The Bertz CT molecular complexity index is 1500. The van der Waals surface area contributed by atoms with Gasteiger partial charge in [-0.3, -0.25) is 19.1 Å². The zero-order valence-corrected chi connectivity index (χ0v) is 17.6. The number of anilines is 1. The fourth-order valence-corrected chi connectivity index (χ4v) is 3.63. The first kappa shape index (κ1) is 20.3. The highest BCUT2D eigenvalue weighted by Gasteiger charge is 2.15. The number of hydrogen-bond acceptors (Lipinski definition) is 5. The fourth-order valence-electron chi connectivity index (χ4n) is 3.63. The number of rotatable bonds is 5. The van der Waals surface area contributed by atoms with Crippen molar-refractivity contribution in [1.82, 2.24) is 19.5 Å². The Labute approximate surface area is 189 Å². The third-order valence-electron chi connectivity index (χ3n) is 5.18. The molecule has 2 aromatic carbocycles. The van der Waals surface area contributed by atoms with Crippen molar-refractivity contribution < 1.29 is 4.79 Å². The van der Waals surface area contributed by atoms with Crippen LogP contribution in [0.5, 0.6) is 0 Å². The predicted octanol–water partition coefficient (Wildman–Crippen LogP) is 4.02. The van der Waals surface area contributed by atoms with Gasteiger partial charge in [0.2, 0.25) is 0 Å². The van der Waals surface area contributed by atoms with E-state index in [2.05, 4.69) is 20.3 Å². The lowest BCUT2D eigenvalue weighted by molar-refractivity contribution is 0.102. The smallest absolute Gasteiger partial charge is 0.278 e. The first-order chi connectivity index (χ1) is 16.2. The number of aromatic nitrogens is 4. The highest BCUT2D eigenvalue weighted by molar-refractivity contribution is 6.04. The zero-order chi connectivity index (χ0) is 22.6. The van der Waals surface area contributed by atoms with Crippen LogP contribution in [0.25, 0.3) is 16.9 Å². The number of nitrogens with zero attached hydrogens (tertiary/aromatic N) is 4. The molecule has 0 aliphatic heterocycles. The van der Waals surface area contributed by atoms with Gasteiger partial charge in [0, 0.05) is 36.3 Å². The van der Waals surface area contributed by atoms with Crippen LogP contribution < -0.4 is 10.9 Å². The summed E-state index contributed by atoms with van der Waals surface area (Å²) in [6, 6.07) is 23.4. The maximum absolute atomic E-state index is 13.5. The van der Waals surface area contributed by atoms with Gasteiger partial charge in [0.25, 0.3) is 11.5 Å². The molecule has 5 aromatic rings. The molecule has 1 amide bonds. The number of benzene rings is 2. The van der Waals surface area contributed by atoms with Crippen molar-refractivity contribution in [1.29, 1.82) is 0 Å². The van der Waals surface area contributed by atoms with E-state index in [1.54, 1.807) is 55.0 Å². The van der Waals surface area contributed by atoms with Crippen LogP contribution >= 0.6 is 0 Å². The van der Waals surface area contributed by atoms with Gasteiger partial charge in [-0.15, -0.1) is 0 Å². The SMILES string of the molecule is O=C(Nc1cccc(-n2c(=O)c(Cc3cccnc3)nc3cccnc32)c1)c1ccccc1. The van der Waals surface area contributed by atoms with Crippen LogP contribution in [0, 0.1) is 0 Å². The van der Waals surface area contributed by atoms with E-state index < -0.39 is 0 Å². The highest BCUT2D eigenvalue weighted by atomic mass is 16.1. The number of carbonyl (C=O) groups excluding carboxylic acids is 1.